The van der Waals surface area contributed by atoms with Gasteiger partial charge in [0.25, 0.3) is 5.19 Å². The van der Waals surface area contributed by atoms with Gasteiger partial charge in [0.05, 0.1) is 16.9 Å². The van der Waals surface area contributed by atoms with Gasteiger partial charge in [-0.3, -0.25) is 0 Å². The zero-order chi connectivity index (χ0) is 14.0. The van der Waals surface area contributed by atoms with E-state index in [-0.39, 0.29) is 11.4 Å². The highest BCUT2D eigenvalue weighted by atomic mass is 32.1. The van der Waals surface area contributed by atoms with Crippen molar-refractivity contribution in [3.8, 4) is 10.9 Å². The van der Waals surface area contributed by atoms with Gasteiger partial charge >= 0.3 is 6.18 Å². The fourth-order valence-corrected chi connectivity index (χ4v) is 2.17. The van der Waals surface area contributed by atoms with E-state index in [1.807, 2.05) is 12.3 Å². The number of hydrogen-bond acceptors (Lipinski definition) is 4. The zero-order valence-electron chi connectivity index (χ0n) is 9.99. The fourth-order valence-electron chi connectivity index (χ4n) is 1.41. The Morgan fingerprint density at radius 1 is 1.37 bits per heavy atom. The van der Waals surface area contributed by atoms with Gasteiger partial charge in [0, 0.05) is 5.38 Å². The fraction of sp³-hybridized carbons (Fsp3) is 0.250. The van der Waals surface area contributed by atoms with Gasteiger partial charge in [0.15, 0.2) is 5.75 Å². The average Bonchev–Trinajstić information content (AvgIpc) is 2.78. The third kappa shape index (κ3) is 3.17. The van der Waals surface area contributed by atoms with Gasteiger partial charge in [-0.05, 0) is 24.6 Å². The molecule has 2 N–H and O–H groups in total. The van der Waals surface area contributed by atoms with Crippen LogP contribution in [-0.2, 0) is 12.6 Å². The maximum Gasteiger partial charge on any atom is 0.416 e. The minimum Gasteiger partial charge on any atom is -0.429 e. The third-order valence-corrected chi connectivity index (χ3v) is 3.19. The Hall–Kier alpha value is -1.76. The van der Waals surface area contributed by atoms with Gasteiger partial charge in [-0.25, -0.2) is 4.98 Å². The molecule has 0 radical (unpaired) electrons. The van der Waals surface area contributed by atoms with Crippen molar-refractivity contribution in [2.45, 2.75) is 19.5 Å². The summed E-state index contributed by atoms with van der Waals surface area (Å²) in [6.07, 6.45) is -3.65. The Bertz CT molecular complexity index is 581. The van der Waals surface area contributed by atoms with Crippen molar-refractivity contribution in [3.05, 3.63) is 34.8 Å². The van der Waals surface area contributed by atoms with E-state index in [2.05, 4.69) is 4.98 Å². The number of anilines is 1. The number of nitrogens with zero attached hydrogens (tertiary/aromatic N) is 1. The van der Waals surface area contributed by atoms with Crippen LogP contribution in [0.4, 0.5) is 18.9 Å². The molecule has 1 aromatic heterocycles. The van der Waals surface area contributed by atoms with Crippen LogP contribution in [0.25, 0.3) is 0 Å². The van der Waals surface area contributed by atoms with Gasteiger partial charge in [0.1, 0.15) is 0 Å². The highest BCUT2D eigenvalue weighted by Gasteiger charge is 2.31. The average molecular weight is 288 g/mol. The Labute approximate surface area is 111 Å². The largest absolute Gasteiger partial charge is 0.429 e. The van der Waals surface area contributed by atoms with Gasteiger partial charge in [-0.15, -0.1) is 0 Å². The number of nitrogen functional groups attached to an aromatic ring is 1. The smallest absolute Gasteiger partial charge is 0.416 e. The van der Waals surface area contributed by atoms with Crippen LogP contribution < -0.4 is 10.5 Å². The summed E-state index contributed by atoms with van der Waals surface area (Å²) < 4.78 is 42.8. The van der Waals surface area contributed by atoms with Gasteiger partial charge in [-0.1, -0.05) is 18.3 Å². The highest BCUT2D eigenvalue weighted by Crippen LogP contribution is 2.35. The quantitative estimate of drug-likeness (QED) is 0.865. The number of benzene rings is 1. The lowest BCUT2D eigenvalue weighted by molar-refractivity contribution is -0.137. The lowest BCUT2D eigenvalue weighted by Crippen LogP contribution is -2.05. The number of nitrogens with two attached hydrogens (primary N) is 1. The van der Waals surface area contributed by atoms with Crippen LogP contribution in [0.2, 0.25) is 0 Å². The summed E-state index contributed by atoms with van der Waals surface area (Å²) in [5.74, 6) is 0.171. The molecule has 2 aromatic rings. The van der Waals surface area contributed by atoms with Crippen molar-refractivity contribution < 1.29 is 17.9 Å². The molecule has 0 saturated heterocycles. The number of ether oxygens (including phenoxy) is 1. The maximum atomic E-state index is 12.5. The molecule has 7 heteroatoms. The predicted molar refractivity (Wildman–Crippen MR) is 67.4 cm³/mol. The van der Waals surface area contributed by atoms with E-state index in [1.54, 1.807) is 0 Å². The van der Waals surface area contributed by atoms with E-state index in [1.165, 1.54) is 17.4 Å². The summed E-state index contributed by atoms with van der Waals surface area (Å²) in [6, 6.07) is 2.98. The van der Waals surface area contributed by atoms with Crippen molar-refractivity contribution in [2.75, 3.05) is 5.73 Å². The monoisotopic (exact) mass is 288 g/mol. The number of thiazole rings is 1. The minimum atomic E-state index is -4.41. The van der Waals surface area contributed by atoms with Crippen LogP contribution in [0.1, 0.15) is 18.2 Å². The maximum absolute atomic E-state index is 12.5. The van der Waals surface area contributed by atoms with Crippen LogP contribution in [0.3, 0.4) is 0 Å². The number of halogens is 3. The molecule has 0 aliphatic rings. The molecule has 2 rings (SSSR count). The van der Waals surface area contributed by atoms with Crippen LogP contribution >= 0.6 is 11.3 Å². The van der Waals surface area contributed by atoms with E-state index in [0.29, 0.717) is 5.19 Å². The van der Waals surface area contributed by atoms with Crippen molar-refractivity contribution in [1.29, 1.82) is 0 Å². The molecule has 0 atom stereocenters. The molecule has 19 heavy (non-hydrogen) atoms. The first-order valence-corrected chi connectivity index (χ1v) is 6.37. The van der Waals surface area contributed by atoms with E-state index >= 15 is 0 Å². The minimum absolute atomic E-state index is 0.0666. The number of alkyl halides is 3. The molecule has 0 amide bonds. The van der Waals surface area contributed by atoms with Crippen molar-refractivity contribution in [1.82, 2.24) is 4.98 Å². The van der Waals surface area contributed by atoms with Crippen molar-refractivity contribution >= 4 is 17.0 Å². The summed E-state index contributed by atoms with van der Waals surface area (Å²) in [7, 11) is 0. The first-order chi connectivity index (χ1) is 8.90. The number of hydrogen-bond donors (Lipinski definition) is 1. The normalized spacial score (nSPS) is 11.6. The molecule has 1 aromatic carbocycles. The molecular formula is C12H11F3N2OS. The van der Waals surface area contributed by atoms with Gasteiger partial charge in [0.2, 0.25) is 0 Å². The van der Waals surface area contributed by atoms with Gasteiger partial charge < -0.3 is 10.5 Å². The lowest BCUT2D eigenvalue weighted by Gasteiger charge is -2.10. The molecule has 0 aliphatic carbocycles. The summed E-state index contributed by atoms with van der Waals surface area (Å²) in [5, 5.41) is 2.19. The zero-order valence-corrected chi connectivity index (χ0v) is 10.8. The molecule has 0 aliphatic heterocycles. The molecule has 0 saturated carbocycles. The Morgan fingerprint density at radius 2 is 2.11 bits per heavy atom. The Morgan fingerprint density at radius 3 is 2.63 bits per heavy atom. The van der Waals surface area contributed by atoms with E-state index in [4.69, 9.17) is 10.5 Å². The molecular weight excluding hydrogens is 277 g/mol. The molecule has 3 nitrogen and oxygen atoms in total. The van der Waals surface area contributed by atoms with E-state index in [9.17, 15) is 13.2 Å². The van der Waals surface area contributed by atoms with E-state index in [0.717, 1.165) is 24.2 Å². The first kappa shape index (κ1) is 13.7. The molecule has 102 valence electrons. The second-order valence-electron chi connectivity index (χ2n) is 3.81. The Kier molecular flexibility index (Phi) is 3.66. The van der Waals surface area contributed by atoms with Crippen molar-refractivity contribution in [3.63, 3.8) is 0 Å². The number of rotatable bonds is 3. The topological polar surface area (TPSA) is 48.1 Å². The van der Waals surface area contributed by atoms with Crippen LogP contribution in [-0.4, -0.2) is 4.98 Å². The van der Waals surface area contributed by atoms with Crippen LogP contribution in [0.15, 0.2) is 23.6 Å². The van der Waals surface area contributed by atoms with E-state index < -0.39 is 11.7 Å². The predicted octanol–water partition coefficient (Wildman–Crippen LogP) is 4.10. The molecule has 0 bridgehead atoms. The first-order valence-electron chi connectivity index (χ1n) is 5.49. The SMILES string of the molecule is CCc1csc(Oc2ccc(C(F)(F)F)cc2N)n1. The second kappa shape index (κ2) is 5.08. The lowest BCUT2D eigenvalue weighted by atomic mass is 10.2. The van der Waals surface area contributed by atoms with Gasteiger partial charge in [-0.2, -0.15) is 13.2 Å². The van der Waals surface area contributed by atoms with Crippen molar-refractivity contribution in [2.24, 2.45) is 0 Å². The third-order valence-electron chi connectivity index (χ3n) is 2.43. The second-order valence-corrected chi connectivity index (χ2v) is 4.63. The molecule has 1 heterocycles. The summed E-state index contributed by atoms with van der Waals surface area (Å²) in [5.41, 5.74) is 5.56. The van der Waals surface area contributed by atoms with Crippen LogP contribution in [0.5, 0.6) is 10.9 Å². The number of aromatic nitrogens is 1. The summed E-state index contributed by atoms with van der Waals surface area (Å²) in [6.45, 7) is 1.95. The molecule has 0 fully saturated rings. The highest BCUT2D eigenvalue weighted by molar-refractivity contribution is 7.11. The standard InChI is InChI=1S/C12H11F3N2OS/c1-2-8-6-19-11(17-8)18-10-4-3-7(5-9(10)16)12(13,14)15/h3-6H,2,16H2,1H3. The molecule has 0 spiro atoms. The molecule has 0 unspecified atom stereocenters. The summed E-state index contributed by atoms with van der Waals surface area (Å²) >= 11 is 1.28. The van der Waals surface area contributed by atoms with Crippen LogP contribution in [0, 0.1) is 0 Å². The Balaban J connectivity index is 2.22. The number of aryl methyl sites for hydroxylation is 1. The summed E-state index contributed by atoms with van der Waals surface area (Å²) in [4.78, 5) is 4.15.